The first-order valence-corrected chi connectivity index (χ1v) is 7.02. The van der Waals surface area contributed by atoms with Gasteiger partial charge in [-0.15, -0.1) is 0 Å². The van der Waals surface area contributed by atoms with Crippen molar-refractivity contribution in [3.63, 3.8) is 0 Å². The van der Waals surface area contributed by atoms with Gasteiger partial charge in [0.2, 0.25) is 0 Å². The fourth-order valence-corrected chi connectivity index (χ4v) is 1.92. The second kappa shape index (κ2) is 6.41. The molecule has 0 aromatic heterocycles. The molecular weight excluding hydrogens is 278 g/mol. The molecule has 0 heterocycles. The highest BCUT2D eigenvalue weighted by Crippen LogP contribution is 2.17. The average Bonchev–Trinajstić information content (AvgIpc) is 2.36. The van der Waals surface area contributed by atoms with Gasteiger partial charge in [-0.3, -0.25) is 0 Å². The molecule has 0 aliphatic carbocycles. The molecule has 17 heavy (non-hydrogen) atoms. The lowest BCUT2D eigenvalue weighted by Crippen LogP contribution is -2.43. The number of hydrogen-bond acceptors (Lipinski definition) is 2. The Hall–Kier alpha value is -0.540. The van der Waals surface area contributed by atoms with E-state index in [4.69, 9.17) is 4.74 Å². The average molecular weight is 300 g/mol. The number of likely N-dealkylation sites (N-methyl/N-ethyl adjacent to an activating group) is 1. The van der Waals surface area contributed by atoms with E-state index in [0.717, 1.165) is 24.0 Å². The molecule has 0 radical (unpaired) electrons. The van der Waals surface area contributed by atoms with E-state index in [0.29, 0.717) is 0 Å². The maximum Gasteiger partial charge on any atom is 0.118 e. The van der Waals surface area contributed by atoms with Crippen LogP contribution in [-0.4, -0.2) is 36.5 Å². The summed E-state index contributed by atoms with van der Waals surface area (Å²) in [6.07, 6.45) is 1.07. The van der Waals surface area contributed by atoms with Gasteiger partial charge in [-0.05, 0) is 45.0 Å². The Balaban J connectivity index is 2.50. The zero-order valence-corrected chi connectivity index (χ0v) is 12.8. The summed E-state index contributed by atoms with van der Waals surface area (Å²) < 4.78 is 5.15. The molecule has 0 unspecified atom stereocenters. The molecule has 0 fully saturated rings. The van der Waals surface area contributed by atoms with E-state index in [1.165, 1.54) is 5.56 Å². The Morgan fingerprint density at radius 3 is 2.29 bits per heavy atom. The first kappa shape index (κ1) is 14.5. The van der Waals surface area contributed by atoms with Crippen LogP contribution in [0.4, 0.5) is 0 Å². The Morgan fingerprint density at radius 2 is 1.82 bits per heavy atom. The van der Waals surface area contributed by atoms with Gasteiger partial charge >= 0.3 is 0 Å². The van der Waals surface area contributed by atoms with Crippen LogP contribution in [-0.2, 0) is 6.42 Å². The summed E-state index contributed by atoms with van der Waals surface area (Å²) in [5.74, 6) is 0.919. The second-order valence-corrected chi connectivity index (χ2v) is 5.53. The zero-order valence-electron chi connectivity index (χ0n) is 11.2. The van der Waals surface area contributed by atoms with Crippen molar-refractivity contribution in [2.75, 3.05) is 26.0 Å². The van der Waals surface area contributed by atoms with E-state index < -0.39 is 0 Å². The normalized spacial score (nSPS) is 11.9. The number of methoxy groups -OCH3 is 1. The lowest BCUT2D eigenvalue weighted by atomic mass is 10.1. The van der Waals surface area contributed by atoms with Gasteiger partial charge in [0.15, 0.2) is 0 Å². The Bertz CT molecular complexity index is 335. The number of benzene rings is 1. The minimum Gasteiger partial charge on any atom is -0.497 e. The summed E-state index contributed by atoms with van der Waals surface area (Å²) in [7, 11) is 3.87. The van der Waals surface area contributed by atoms with Crippen LogP contribution in [0.1, 0.15) is 19.4 Å². The summed E-state index contributed by atoms with van der Waals surface area (Å²) in [5, 5.41) is 0.985. The van der Waals surface area contributed by atoms with Crippen molar-refractivity contribution in [3.8, 4) is 5.75 Å². The highest BCUT2D eigenvalue weighted by molar-refractivity contribution is 9.09. The van der Waals surface area contributed by atoms with Crippen molar-refractivity contribution in [2.24, 2.45) is 0 Å². The number of alkyl halides is 1. The second-order valence-electron chi connectivity index (χ2n) is 4.97. The summed E-state index contributed by atoms with van der Waals surface area (Å²) in [6, 6.07) is 8.30. The molecule has 0 bridgehead atoms. The summed E-state index contributed by atoms with van der Waals surface area (Å²) in [5.41, 5.74) is 1.55. The van der Waals surface area contributed by atoms with Crippen molar-refractivity contribution in [1.29, 1.82) is 0 Å². The topological polar surface area (TPSA) is 12.5 Å². The van der Waals surface area contributed by atoms with Crippen molar-refractivity contribution in [2.45, 2.75) is 25.8 Å². The van der Waals surface area contributed by atoms with Crippen LogP contribution in [0, 0.1) is 0 Å². The minimum atomic E-state index is 0.201. The minimum absolute atomic E-state index is 0.201. The Kier molecular flexibility index (Phi) is 5.47. The quantitative estimate of drug-likeness (QED) is 0.747. The van der Waals surface area contributed by atoms with Gasteiger partial charge in [0.1, 0.15) is 5.75 Å². The first-order valence-electron chi connectivity index (χ1n) is 5.90. The van der Waals surface area contributed by atoms with Gasteiger partial charge in [-0.2, -0.15) is 0 Å². The number of rotatable bonds is 6. The van der Waals surface area contributed by atoms with Crippen LogP contribution in [0.2, 0.25) is 0 Å². The number of halogens is 1. The lowest BCUT2D eigenvalue weighted by molar-refractivity contribution is 0.184. The van der Waals surface area contributed by atoms with Gasteiger partial charge in [-0.25, -0.2) is 0 Å². The molecule has 2 nitrogen and oxygen atoms in total. The van der Waals surface area contributed by atoms with Crippen LogP contribution >= 0.6 is 15.9 Å². The Morgan fingerprint density at radius 1 is 1.24 bits per heavy atom. The van der Waals surface area contributed by atoms with Crippen molar-refractivity contribution in [1.82, 2.24) is 4.90 Å². The van der Waals surface area contributed by atoms with Gasteiger partial charge in [0, 0.05) is 17.4 Å². The van der Waals surface area contributed by atoms with Gasteiger partial charge in [-0.1, -0.05) is 28.1 Å². The lowest BCUT2D eigenvalue weighted by Gasteiger charge is -2.34. The summed E-state index contributed by atoms with van der Waals surface area (Å²) >= 11 is 3.56. The molecular formula is C14H22BrNO. The van der Waals surface area contributed by atoms with Crippen molar-refractivity contribution in [3.05, 3.63) is 29.8 Å². The zero-order chi connectivity index (χ0) is 12.9. The Labute approximate surface area is 113 Å². The highest BCUT2D eigenvalue weighted by atomic mass is 79.9. The maximum absolute atomic E-state index is 5.15. The van der Waals surface area contributed by atoms with E-state index in [2.05, 4.69) is 53.9 Å². The van der Waals surface area contributed by atoms with Crippen LogP contribution in [0.15, 0.2) is 24.3 Å². The summed E-state index contributed by atoms with van der Waals surface area (Å²) in [6.45, 7) is 5.55. The molecule has 0 aliphatic heterocycles. The summed E-state index contributed by atoms with van der Waals surface area (Å²) in [4.78, 5) is 2.38. The number of nitrogens with zero attached hydrogens (tertiary/aromatic N) is 1. The van der Waals surface area contributed by atoms with E-state index in [9.17, 15) is 0 Å². The van der Waals surface area contributed by atoms with Crippen molar-refractivity contribution >= 4 is 15.9 Å². The third kappa shape index (κ3) is 4.32. The number of ether oxygens (including phenoxy) is 1. The molecule has 0 saturated carbocycles. The predicted molar refractivity (Wildman–Crippen MR) is 77.2 cm³/mol. The molecule has 1 aromatic carbocycles. The van der Waals surface area contributed by atoms with Gasteiger partial charge in [0.05, 0.1) is 7.11 Å². The predicted octanol–water partition coefficient (Wildman–Crippen LogP) is 3.34. The molecule has 0 saturated heterocycles. The highest BCUT2D eigenvalue weighted by Gasteiger charge is 2.21. The van der Waals surface area contributed by atoms with Crippen LogP contribution in [0.3, 0.4) is 0 Å². The van der Waals surface area contributed by atoms with Crippen LogP contribution in [0.25, 0.3) is 0 Å². The van der Waals surface area contributed by atoms with Crippen LogP contribution < -0.4 is 4.74 Å². The monoisotopic (exact) mass is 299 g/mol. The fraction of sp³-hybridized carbons (Fsp3) is 0.571. The SMILES string of the molecule is COc1ccc(CCN(C)C(C)(C)CBr)cc1. The molecule has 96 valence electrons. The third-order valence-electron chi connectivity index (χ3n) is 3.26. The molecule has 3 heteroatoms. The smallest absolute Gasteiger partial charge is 0.118 e. The van der Waals surface area contributed by atoms with E-state index in [-0.39, 0.29) is 5.54 Å². The first-order chi connectivity index (χ1) is 7.99. The standard InChI is InChI=1S/C14H22BrNO/c1-14(2,11-15)16(3)10-9-12-5-7-13(17-4)8-6-12/h5-8H,9-11H2,1-4H3. The van der Waals surface area contributed by atoms with Crippen LogP contribution in [0.5, 0.6) is 5.75 Å². The molecule has 0 amide bonds. The molecule has 1 rings (SSSR count). The fourth-order valence-electron chi connectivity index (χ4n) is 1.49. The molecule has 0 spiro atoms. The maximum atomic E-state index is 5.15. The molecule has 1 aromatic rings. The van der Waals surface area contributed by atoms with Crippen molar-refractivity contribution < 1.29 is 4.74 Å². The van der Waals surface area contributed by atoms with Gasteiger partial charge < -0.3 is 9.64 Å². The molecule has 0 N–H and O–H groups in total. The molecule has 0 aliphatic rings. The third-order valence-corrected chi connectivity index (χ3v) is 4.63. The van der Waals surface area contributed by atoms with Gasteiger partial charge in [0.25, 0.3) is 0 Å². The largest absolute Gasteiger partial charge is 0.497 e. The number of hydrogen-bond donors (Lipinski definition) is 0. The molecule has 0 atom stereocenters. The van der Waals surface area contributed by atoms with E-state index in [1.807, 2.05) is 12.1 Å². The van der Waals surface area contributed by atoms with E-state index >= 15 is 0 Å². The van der Waals surface area contributed by atoms with E-state index in [1.54, 1.807) is 7.11 Å².